The van der Waals surface area contributed by atoms with Crippen molar-refractivity contribution in [2.45, 2.75) is 103 Å². The zero-order valence-corrected chi connectivity index (χ0v) is 18.6. The third-order valence-corrected chi connectivity index (χ3v) is 10.2. The molecule has 3 unspecified atom stereocenters. The molecular weight excluding hydrogens is 340 g/mol. The number of aliphatic hydroxyl groups is 1. The molecule has 148 valence electrons. The van der Waals surface area contributed by atoms with Crippen molar-refractivity contribution in [2.24, 2.45) is 5.92 Å². The lowest BCUT2D eigenvalue weighted by Gasteiger charge is -2.39. The van der Waals surface area contributed by atoms with E-state index in [1.54, 1.807) is 0 Å². The molecular formula is C22H38O3Si. The number of unbranched alkanes of at least 4 members (excludes halogenated alkanes) is 2. The molecule has 0 aromatic heterocycles. The number of rotatable bonds is 8. The zero-order chi connectivity index (χ0) is 19.8. The quantitative estimate of drug-likeness (QED) is 0.356. The molecule has 1 saturated carbocycles. The first-order valence-electron chi connectivity index (χ1n) is 10.1. The van der Waals surface area contributed by atoms with Crippen molar-refractivity contribution in [3.63, 3.8) is 0 Å². The summed E-state index contributed by atoms with van der Waals surface area (Å²) < 4.78 is 6.51. The highest BCUT2D eigenvalue weighted by molar-refractivity contribution is 6.74. The summed E-state index contributed by atoms with van der Waals surface area (Å²) in [4.78, 5) is 12.0. The summed E-state index contributed by atoms with van der Waals surface area (Å²) in [6, 6.07) is 0. The van der Waals surface area contributed by atoms with Crippen LogP contribution in [0, 0.1) is 17.8 Å². The van der Waals surface area contributed by atoms with Crippen LogP contribution in [0.3, 0.4) is 0 Å². The maximum atomic E-state index is 12.0. The van der Waals surface area contributed by atoms with Crippen LogP contribution in [-0.4, -0.2) is 31.4 Å². The van der Waals surface area contributed by atoms with Gasteiger partial charge in [-0.25, -0.2) is 0 Å². The fourth-order valence-corrected chi connectivity index (χ4v) is 4.21. The molecule has 0 aromatic carbocycles. The van der Waals surface area contributed by atoms with Gasteiger partial charge in [-0.05, 0) is 49.5 Å². The average Bonchev–Trinajstić information content (AvgIpc) is 2.95. The molecule has 0 radical (unpaired) electrons. The minimum absolute atomic E-state index is 0.0972. The third-order valence-electron chi connectivity index (χ3n) is 5.69. The fraction of sp³-hybridized carbons (Fsp3) is 0.773. The van der Waals surface area contributed by atoms with E-state index in [1.807, 2.05) is 12.2 Å². The first-order valence-corrected chi connectivity index (χ1v) is 13.0. The highest BCUT2D eigenvalue weighted by Gasteiger charge is 2.40. The van der Waals surface area contributed by atoms with Gasteiger partial charge in [0.2, 0.25) is 0 Å². The molecule has 1 fully saturated rings. The van der Waals surface area contributed by atoms with E-state index in [4.69, 9.17) is 4.43 Å². The normalized spacial score (nSPS) is 20.9. The van der Waals surface area contributed by atoms with Crippen LogP contribution < -0.4 is 0 Å². The van der Waals surface area contributed by atoms with Crippen molar-refractivity contribution in [2.75, 3.05) is 0 Å². The summed E-state index contributed by atoms with van der Waals surface area (Å²) >= 11 is 0. The van der Waals surface area contributed by atoms with E-state index in [1.165, 1.54) is 0 Å². The monoisotopic (exact) mass is 378 g/mol. The van der Waals surface area contributed by atoms with Crippen LogP contribution in [0.4, 0.5) is 0 Å². The fourth-order valence-electron chi connectivity index (χ4n) is 2.92. The number of Topliss-reactive ketones (excluding diaryl/α,β-unsaturated/α-hetero) is 1. The Morgan fingerprint density at radius 2 is 2.08 bits per heavy atom. The van der Waals surface area contributed by atoms with Crippen LogP contribution in [0.2, 0.25) is 18.1 Å². The Labute approximate surface area is 161 Å². The predicted octanol–water partition coefficient (Wildman–Crippen LogP) is 5.25. The first kappa shape index (κ1) is 23.1. The highest BCUT2D eigenvalue weighted by atomic mass is 28.4. The van der Waals surface area contributed by atoms with Crippen LogP contribution in [0.15, 0.2) is 12.2 Å². The molecule has 4 heteroatoms. The summed E-state index contributed by atoms with van der Waals surface area (Å²) in [5.41, 5.74) is 0. The van der Waals surface area contributed by atoms with E-state index in [9.17, 15) is 9.90 Å². The Balaban J connectivity index is 2.81. The molecule has 0 spiro atoms. The average molecular weight is 379 g/mol. The standard InChI is InChI=1S/C22H38O3Si/c1-7-8-9-10-11-12-14-18(25-26(5,6)22(2,3)4)17-21(24)19-15-13-16-20(19)23/h12,14,18-19,21,24H,7-9,13,15-17H2,1-6H3/b14-12-. The van der Waals surface area contributed by atoms with Crippen molar-refractivity contribution in [3.8, 4) is 11.8 Å². The van der Waals surface area contributed by atoms with Crippen LogP contribution >= 0.6 is 0 Å². The zero-order valence-electron chi connectivity index (χ0n) is 17.6. The number of allylic oxidation sites excluding steroid dienone is 1. The van der Waals surface area contributed by atoms with E-state index >= 15 is 0 Å². The van der Waals surface area contributed by atoms with Gasteiger partial charge in [0, 0.05) is 25.2 Å². The Kier molecular flexibility index (Phi) is 9.30. The maximum Gasteiger partial charge on any atom is 0.192 e. The number of hydrogen-bond donors (Lipinski definition) is 1. The van der Waals surface area contributed by atoms with Crippen LogP contribution in [0.1, 0.15) is 72.6 Å². The lowest BCUT2D eigenvalue weighted by atomic mass is 9.95. The Morgan fingerprint density at radius 3 is 2.62 bits per heavy atom. The second kappa shape index (κ2) is 10.4. The summed E-state index contributed by atoms with van der Waals surface area (Å²) in [5.74, 6) is 6.22. The van der Waals surface area contributed by atoms with E-state index in [0.29, 0.717) is 12.8 Å². The summed E-state index contributed by atoms with van der Waals surface area (Å²) in [5, 5.41) is 10.7. The third kappa shape index (κ3) is 7.38. The Bertz CT molecular complexity index is 534. The second-order valence-corrected chi connectivity index (χ2v) is 13.7. The van der Waals surface area contributed by atoms with Crippen LogP contribution in [0.25, 0.3) is 0 Å². The lowest BCUT2D eigenvalue weighted by Crippen LogP contribution is -2.44. The number of carbonyl (C=O) groups excluding carboxylic acids is 1. The van der Waals surface area contributed by atoms with Crippen molar-refractivity contribution in [3.05, 3.63) is 12.2 Å². The van der Waals surface area contributed by atoms with Crippen molar-refractivity contribution in [1.82, 2.24) is 0 Å². The number of ketones is 1. The SMILES string of the molecule is CCCCC#C/C=C\C(CC(O)C1CCCC1=O)O[Si](C)(C)C(C)(C)C. The molecule has 1 aliphatic rings. The summed E-state index contributed by atoms with van der Waals surface area (Å²) in [6.45, 7) is 13.2. The minimum Gasteiger partial charge on any atom is -0.410 e. The molecule has 0 aromatic rings. The van der Waals surface area contributed by atoms with Gasteiger partial charge in [0.25, 0.3) is 0 Å². The first-order chi connectivity index (χ1) is 12.1. The molecule has 1 aliphatic carbocycles. The molecule has 0 aliphatic heterocycles. The van der Waals surface area contributed by atoms with Crippen molar-refractivity contribution >= 4 is 14.1 Å². The molecule has 0 saturated heterocycles. The summed E-state index contributed by atoms with van der Waals surface area (Å²) in [6.07, 6.45) is 8.96. The number of carbonyl (C=O) groups is 1. The minimum atomic E-state index is -1.97. The molecule has 1 N–H and O–H groups in total. The molecule has 0 bridgehead atoms. The number of hydrogen-bond acceptors (Lipinski definition) is 3. The van der Waals surface area contributed by atoms with Gasteiger partial charge in [-0.15, -0.1) is 0 Å². The second-order valence-electron chi connectivity index (χ2n) is 8.97. The Hall–Kier alpha value is -0.893. The van der Waals surface area contributed by atoms with Gasteiger partial charge in [0.15, 0.2) is 8.32 Å². The lowest BCUT2D eigenvalue weighted by molar-refractivity contribution is -0.124. The van der Waals surface area contributed by atoms with Gasteiger partial charge in [0.05, 0.1) is 12.2 Å². The van der Waals surface area contributed by atoms with E-state index < -0.39 is 14.4 Å². The summed E-state index contributed by atoms with van der Waals surface area (Å²) in [7, 11) is -1.97. The molecule has 26 heavy (non-hydrogen) atoms. The van der Waals surface area contributed by atoms with E-state index in [0.717, 1.165) is 32.1 Å². The molecule has 0 amide bonds. The van der Waals surface area contributed by atoms with Gasteiger partial charge < -0.3 is 9.53 Å². The molecule has 3 nitrogen and oxygen atoms in total. The smallest absolute Gasteiger partial charge is 0.192 e. The largest absolute Gasteiger partial charge is 0.410 e. The van der Waals surface area contributed by atoms with Crippen LogP contribution in [-0.2, 0) is 9.22 Å². The van der Waals surface area contributed by atoms with E-state index in [2.05, 4.69) is 52.6 Å². The van der Waals surface area contributed by atoms with Gasteiger partial charge >= 0.3 is 0 Å². The topological polar surface area (TPSA) is 46.5 Å². The van der Waals surface area contributed by atoms with Crippen molar-refractivity contribution < 1.29 is 14.3 Å². The Morgan fingerprint density at radius 1 is 1.38 bits per heavy atom. The maximum absolute atomic E-state index is 12.0. The highest BCUT2D eigenvalue weighted by Crippen LogP contribution is 2.38. The molecule has 0 heterocycles. The van der Waals surface area contributed by atoms with Crippen LogP contribution in [0.5, 0.6) is 0 Å². The predicted molar refractivity (Wildman–Crippen MR) is 111 cm³/mol. The molecule has 3 atom stereocenters. The van der Waals surface area contributed by atoms with E-state index in [-0.39, 0.29) is 22.8 Å². The molecule has 1 rings (SSSR count). The van der Waals surface area contributed by atoms with Crippen molar-refractivity contribution in [1.29, 1.82) is 0 Å². The van der Waals surface area contributed by atoms with Gasteiger partial charge in [-0.2, -0.15) is 0 Å². The van der Waals surface area contributed by atoms with Gasteiger partial charge in [0.1, 0.15) is 5.78 Å². The number of aliphatic hydroxyl groups excluding tert-OH is 1. The van der Waals surface area contributed by atoms with Gasteiger partial charge in [-0.3, -0.25) is 4.79 Å². The van der Waals surface area contributed by atoms with Gasteiger partial charge in [-0.1, -0.05) is 46.0 Å².